The molecule has 0 aliphatic rings. The van der Waals surface area contributed by atoms with E-state index in [9.17, 15) is 9.59 Å². The summed E-state index contributed by atoms with van der Waals surface area (Å²) >= 11 is 2.98. The average Bonchev–Trinajstić information content (AvgIpc) is 2.26. The number of carbonyl (C=O) groups excluding carboxylic acids is 1. The highest BCUT2D eigenvalue weighted by Gasteiger charge is 2.28. The Kier molecular flexibility index (Phi) is 4.49. The van der Waals surface area contributed by atoms with Crippen LogP contribution in [0.25, 0.3) is 0 Å². The van der Waals surface area contributed by atoms with Crippen LogP contribution in [0.15, 0.2) is 24.3 Å². The molecule has 0 aliphatic heterocycles. The average molecular weight is 287 g/mol. The minimum absolute atomic E-state index is 0.252. The Morgan fingerprint density at radius 2 is 2.00 bits per heavy atom. The molecule has 0 saturated carbocycles. The van der Waals surface area contributed by atoms with Gasteiger partial charge >= 0.3 is 5.97 Å². The smallest absolute Gasteiger partial charge is 0.321 e. The number of benzene rings is 1. The fraction of sp³-hybridized carbons (Fsp3) is 0.273. The summed E-state index contributed by atoms with van der Waals surface area (Å²) in [7, 11) is 0. The highest BCUT2D eigenvalue weighted by atomic mass is 79.9. The number of carboxylic acid groups (broad SMARTS) is 1. The number of halogens is 1. The van der Waals surface area contributed by atoms with Crippen LogP contribution >= 0.6 is 15.9 Å². The van der Waals surface area contributed by atoms with Gasteiger partial charge in [0.15, 0.2) is 4.83 Å². The van der Waals surface area contributed by atoms with Crippen LogP contribution in [-0.2, 0) is 14.3 Å². The van der Waals surface area contributed by atoms with Crippen LogP contribution in [0, 0.1) is 6.92 Å². The van der Waals surface area contributed by atoms with E-state index in [0.29, 0.717) is 5.56 Å². The largest absolute Gasteiger partial charge is 0.480 e. The topological polar surface area (TPSA) is 63.6 Å². The fourth-order valence-electron chi connectivity index (χ4n) is 1.26. The van der Waals surface area contributed by atoms with Gasteiger partial charge in [-0.3, -0.25) is 9.59 Å². The lowest BCUT2D eigenvalue weighted by Gasteiger charge is -2.18. The molecule has 0 fully saturated rings. The molecule has 1 N–H and O–H groups in total. The van der Waals surface area contributed by atoms with Crippen LogP contribution in [0.1, 0.15) is 17.2 Å². The minimum Gasteiger partial charge on any atom is -0.480 e. The van der Waals surface area contributed by atoms with Gasteiger partial charge < -0.3 is 9.84 Å². The normalized spacial score (nSPS) is 13.9. The second-order valence-corrected chi connectivity index (χ2v) is 4.29. The van der Waals surface area contributed by atoms with Gasteiger partial charge in [-0.1, -0.05) is 45.8 Å². The molecule has 0 amide bonds. The molecule has 0 saturated heterocycles. The molecular formula is C11H11BrO4. The first-order valence-electron chi connectivity index (χ1n) is 4.59. The maximum Gasteiger partial charge on any atom is 0.321 e. The Hall–Kier alpha value is -1.36. The summed E-state index contributed by atoms with van der Waals surface area (Å²) in [6.45, 7) is 2.17. The van der Waals surface area contributed by atoms with Crippen LogP contribution in [0.4, 0.5) is 0 Å². The van der Waals surface area contributed by atoms with Crippen molar-refractivity contribution < 1.29 is 19.4 Å². The first kappa shape index (κ1) is 12.7. The first-order valence-corrected chi connectivity index (χ1v) is 5.50. The second-order valence-electron chi connectivity index (χ2n) is 3.30. The molecule has 0 radical (unpaired) electrons. The van der Waals surface area contributed by atoms with Gasteiger partial charge in [0.05, 0.1) is 0 Å². The molecule has 0 unspecified atom stereocenters. The lowest BCUT2D eigenvalue weighted by atomic mass is 10.0. The molecule has 5 heteroatoms. The van der Waals surface area contributed by atoms with Gasteiger partial charge in [0, 0.05) is 0 Å². The number of rotatable bonds is 5. The van der Waals surface area contributed by atoms with Crippen molar-refractivity contribution >= 4 is 28.4 Å². The summed E-state index contributed by atoms with van der Waals surface area (Å²) in [5.74, 6) is -1.08. The standard InChI is InChI=1S/C11H11BrO4/c1-7-2-4-8(5-3-7)10(16-6-13)9(12)11(14)15/h2-6,9-10H,1H3,(H,14,15)/t9-,10-/m0/s1. The van der Waals surface area contributed by atoms with Crippen LogP contribution < -0.4 is 0 Å². The van der Waals surface area contributed by atoms with Gasteiger partial charge in [-0.25, -0.2) is 0 Å². The summed E-state index contributed by atoms with van der Waals surface area (Å²) in [4.78, 5) is 20.2. The molecule has 0 aromatic heterocycles. The number of carboxylic acids is 1. The predicted molar refractivity (Wildman–Crippen MR) is 61.4 cm³/mol. The molecular weight excluding hydrogens is 276 g/mol. The third-order valence-electron chi connectivity index (χ3n) is 2.11. The molecule has 0 spiro atoms. The van der Waals surface area contributed by atoms with Crippen molar-refractivity contribution in [3.05, 3.63) is 35.4 Å². The van der Waals surface area contributed by atoms with E-state index in [1.165, 1.54) is 0 Å². The van der Waals surface area contributed by atoms with Gasteiger partial charge in [-0.15, -0.1) is 0 Å². The maximum absolute atomic E-state index is 10.8. The van der Waals surface area contributed by atoms with Crippen LogP contribution in [-0.4, -0.2) is 22.4 Å². The number of aliphatic carboxylic acids is 1. The van der Waals surface area contributed by atoms with Crippen LogP contribution in [0.3, 0.4) is 0 Å². The molecule has 86 valence electrons. The highest BCUT2D eigenvalue weighted by Crippen LogP contribution is 2.26. The number of hydrogen-bond acceptors (Lipinski definition) is 3. The summed E-state index contributed by atoms with van der Waals surface area (Å²) in [6.07, 6.45) is -0.824. The van der Waals surface area contributed by atoms with Crippen LogP contribution in [0.2, 0.25) is 0 Å². The summed E-state index contributed by atoms with van der Waals surface area (Å²) < 4.78 is 4.78. The zero-order chi connectivity index (χ0) is 12.1. The SMILES string of the molecule is Cc1ccc([C@H](OC=O)[C@H](Br)C(=O)O)cc1. The molecule has 16 heavy (non-hydrogen) atoms. The Labute approximate surface area is 101 Å². The molecule has 4 nitrogen and oxygen atoms in total. The van der Waals surface area contributed by atoms with Crippen molar-refractivity contribution in [3.63, 3.8) is 0 Å². The van der Waals surface area contributed by atoms with Crippen molar-refractivity contribution in [2.75, 3.05) is 0 Å². The minimum atomic E-state index is -1.08. The van der Waals surface area contributed by atoms with E-state index in [1.807, 2.05) is 19.1 Å². The summed E-state index contributed by atoms with van der Waals surface area (Å²) in [5, 5.41) is 8.85. The van der Waals surface area contributed by atoms with Gasteiger partial charge in [0.2, 0.25) is 0 Å². The zero-order valence-corrected chi connectivity index (χ0v) is 10.2. The molecule has 1 rings (SSSR count). The van der Waals surface area contributed by atoms with E-state index < -0.39 is 16.9 Å². The van der Waals surface area contributed by atoms with Gasteiger partial charge in [0.1, 0.15) is 6.10 Å². The number of carbonyl (C=O) groups is 2. The summed E-state index contributed by atoms with van der Waals surface area (Å²) in [6, 6.07) is 7.14. The molecule has 1 aromatic carbocycles. The lowest BCUT2D eigenvalue weighted by Crippen LogP contribution is -2.24. The molecule has 0 heterocycles. The van der Waals surface area contributed by atoms with E-state index in [-0.39, 0.29) is 6.47 Å². The number of ether oxygens (including phenoxy) is 1. The van der Waals surface area contributed by atoms with E-state index in [2.05, 4.69) is 15.9 Å². The Morgan fingerprint density at radius 1 is 1.44 bits per heavy atom. The number of aryl methyl sites for hydroxylation is 1. The van der Waals surface area contributed by atoms with E-state index >= 15 is 0 Å². The van der Waals surface area contributed by atoms with Gasteiger partial charge in [-0.05, 0) is 12.5 Å². The van der Waals surface area contributed by atoms with E-state index in [0.717, 1.165) is 5.56 Å². The lowest BCUT2D eigenvalue weighted by molar-refractivity contribution is -0.142. The summed E-state index contributed by atoms with van der Waals surface area (Å²) in [5.41, 5.74) is 1.69. The van der Waals surface area contributed by atoms with Crippen molar-refractivity contribution in [3.8, 4) is 0 Å². The molecule has 0 aliphatic carbocycles. The number of alkyl halides is 1. The van der Waals surface area contributed by atoms with E-state index in [4.69, 9.17) is 9.84 Å². The Bertz CT molecular complexity index is 374. The molecule has 2 atom stereocenters. The Balaban J connectivity index is 2.97. The predicted octanol–water partition coefficient (Wildman–Crippen LogP) is 2.06. The van der Waals surface area contributed by atoms with Gasteiger partial charge in [0.25, 0.3) is 6.47 Å². The number of hydrogen-bond donors (Lipinski definition) is 1. The highest BCUT2D eigenvalue weighted by molar-refractivity contribution is 9.10. The molecule has 1 aromatic rings. The molecule has 0 bridgehead atoms. The monoisotopic (exact) mass is 286 g/mol. The van der Waals surface area contributed by atoms with Crippen molar-refractivity contribution in [2.24, 2.45) is 0 Å². The van der Waals surface area contributed by atoms with Gasteiger partial charge in [-0.2, -0.15) is 0 Å². The van der Waals surface area contributed by atoms with Crippen molar-refractivity contribution in [1.82, 2.24) is 0 Å². The van der Waals surface area contributed by atoms with Crippen molar-refractivity contribution in [2.45, 2.75) is 17.9 Å². The van der Waals surface area contributed by atoms with Crippen LogP contribution in [0.5, 0.6) is 0 Å². The Morgan fingerprint density at radius 3 is 2.44 bits per heavy atom. The third kappa shape index (κ3) is 3.06. The second kappa shape index (κ2) is 5.65. The quantitative estimate of drug-likeness (QED) is 0.665. The van der Waals surface area contributed by atoms with Crippen molar-refractivity contribution in [1.29, 1.82) is 0 Å². The third-order valence-corrected chi connectivity index (χ3v) is 2.98. The maximum atomic E-state index is 10.8. The fourth-order valence-corrected chi connectivity index (χ4v) is 1.69. The zero-order valence-electron chi connectivity index (χ0n) is 8.59. The van der Waals surface area contributed by atoms with E-state index in [1.54, 1.807) is 12.1 Å². The first-order chi connectivity index (χ1) is 7.56.